The molecule has 29 heavy (non-hydrogen) atoms. The molecule has 8 nitrogen and oxygen atoms in total. The molecule has 1 atom stereocenters. The Hall–Kier alpha value is -3.94. The zero-order valence-electron chi connectivity index (χ0n) is 15.6. The van der Waals surface area contributed by atoms with Crippen LogP contribution in [0, 0.1) is 5.92 Å². The lowest BCUT2D eigenvalue weighted by molar-refractivity contribution is -0.140. The molecule has 3 aromatic heterocycles. The molecule has 0 radical (unpaired) electrons. The minimum absolute atomic E-state index is 0.201. The number of benzene rings is 1. The van der Waals surface area contributed by atoms with Gasteiger partial charge in [-0.05, 0) is 12.1 Å². The van der Waals surface area contributed by atoms with E-state index < -0.39 is 11.9 Å². The Morgan fingerprint density at radius 3 is 2.55 bits per heavy atom. The highest BCUT2D eigenvalue weighted by molar-refractivity contribution is 5.79. The molecular weight excluding hydrogens is 372 g/mol. The van der Waals surface area contributed by atoms with Crippen LogP contribution >= 0.6 is 0 Å². The molecule has 3 heterocycles. The molecule has 2 N–H and O–H groups in total. The summed E-state index contributed by atoms with van der Waals surface area (Å²) in [5, 5.41) is 12.0. The van der Waals surface area contributed by atoms with E-state index in [1.807, 2.05) is 36.4 Å². The Bertz CT molecular complexity index is 1090. The summed E-state index contributed by atoms with van der Waals surface area (Å²) in [7, 11) is 0. The molecule has 0 saturated carbocycles. The Morgan fingerprint density at radius 1 is 1.10 bits per heavy atom. The predicted molar refractivity (Wildman–Crippen MR) is 106 cm³/mol. The van der Waals surface area contributed by atoms with Gasteiger partial charge in [0.15, 0.2) is 17.9 Å². The number of anilines is 1. The van der Waals surface area contributed by atoms with E-state index in [-0.39, 0.29) is 12.6 Å². The van der Waals surface area contributed by atoms with Crippen LogP contribution in [0.25, 0.3) is 33.9 Å². The van der Waals surface area contributed by atoms with Gasteiger partial charge in [0.1, 0.15) is 5.69 Å². The number of pyridine rings is 1. The molecule has 0 fully saturated rings. The van der Waals surface area contributed by atoms with Crippen LogP contribution in [0.5, 0.6) is 0 Å². The van der Waals surface area contributed by atoms with Crippen LogP contribution in [0.4, 0.5) is 6.01 Å². The van der Waals surface area contributed by atoms with E-state index in [2.05, 4.69) is 20.3 Å². The largest absolute Gasteiger partial charge is 0.481 e. The average Bonchev–Trinajstić information content (AvgIpc) is 3.43. The third-order valence-electron chi connectivity index (χ3n) is 4.41. The van der Waals surface area contributed by atoms with Gasteiger partial charge in [0, 0.05) is 35.6 Å². The maximum absolute atomic E-state index is 11.1. The predicted octanol–water partition coefficient (Wildman–Crippen LogP) is 4.19. The third-order valence-corrected chi connectivity index (χ3v) is 4.41. The number of nitrogens with one attached hydrogen (secondary N) is 1. The van der Waals surface area contributed by atoms with Crippen LogP contribution in [0.15, 0.2) is 70.2 Å². The summed E-state index contributed by atoms with van der Waals surface area (Å²) < 4.78 is 11.2. The number of nitrogens with zero attached hydrogens (tertiary/aromatic N) is 3. The number of oxazole rings is 2. The molecule has 1 unspecified atom stereocenters. The van der Waals surface area contributed by atoms with Crippen molar-refractivity contribution in [3.05, 3.63) is 61.4 Å². The van der Waals surface area contributed by atoms with Crippen molar-refractivity contribution < 1.29 is 18.7 Å². The van der Waals surface area contributed by atoms with E-state index in [1.165, 1.54) is 6.39 Å². The molecule has 1 aromatic carbocycles. The standard InChI is InChI=1S/C21H18N4O4/c1-13(20(26)27)9-24-21-25-18(19(29-21)16-3-2-8-22-10-16)15-6-4-14(5-7-15)17-11-23-12-28-17/h2-8,10-13H,9H2,1H3,(H,24,25)(H,26,27). The molecule has 0 spiro atoms. The molecule has 0 bridgehead atoms. The normalized spacial score (nSPS) is 11.9. The zero-order valence-corrected chi connectivity index (χ0v) is 15.6. The second kappa shape index (κ2) is 7.97. The van der Waals surface area contributed by atoms with E-state index in [0.717, 1.165) is 16.7 Å². The van der Waals surface area contributed by atoms with Crippen molar-refractivity contribution in [2.75, 3.05) is 11.9 Å². The van der Waals surface area contributed by atoms with Crippen molar-refractivity contribution in [1.82, 2.24) is 15.0 Å². The van der Waals surface area contributed by atoms with Crippen LogP contribution in [-0.2, 0) is 4.79 Å². The molecule has 0 amide bonds. The lowest BCUT2D eigenvalue weighted by Gasteiger charge is -2.05. The lowest BCUT2D eigenvalue weighted by Crippen LogP contribution is -2.19. The van der Waals surface area contributed by atoms with Gasteiger partial charge in [0.25, 0.3) is 6.01 Å². The molecule has 4 aromatic rings. The van der Waals surface area contributed by atoms with Gasteiger partial charge in [-0.2, -0.15) is 4.98 Å². The Balaban J connectivity index is 1.68. The molecule has 8 heteroatoms. The number of carboxylic acids is 1. The quantitative estimate of drug-likeness (QED) is 0.483. The number of aromatic nitrogens is 3. The average molecular weight is 390 g/mol. The first-order valence-corrected chi connectivity index (χ1v) is 8.99. The van der Waals surface area contributed by atoms with Gasteiger partial charge in [-0.1, -0.05) is 31.2 Å². The summed E-state index contributed by atoms with van der Waals surface area (Å²) in [4.78, 5) is 23.7. The van der Waals surface area contributed by atoms with E-state index in [9.17, 15) is 4.79 Å². The summed E-state index contributed by atoms with van der Waals surface area (Å²) >= 11 is 0. The summed E-state index contributed by atoms with van der Waals surface area (Å²) in [6.07, 6.45) is 6.41. The van der Waals surface area contributed by atoms with Crippen LogP contribution in [-0.4, -0.2) is 32.6 Å². The zero-order chi connectivity index (χ0) is 20.2. The van der Waals surface area contributed by atoms with Crippen LogP contribution in [0.2, 0.25) is 0 Å². The number of carbonyl (C=O) groups is 1. The monoisotopic (exact) mass is 390 g/mol. The van der Waals surface area contributed by atoms with Crippen LogP contribution in [0.1, 0.15) is 6.92 Å². The molecule has 4 rings (SSSR count). The first-order valence-electron chi connectivity index (χ1n) is 8.99. The first-order chi connectivity index (χ1) is 14.1. The highest BCUT2D eigenvalue weighted by Gasteiger charge is 2.19. The molecule has 0 aliphatic rings. The molecule has 0 aliphatic heterocycles. The second-order valence-corrected chi connectivity index (χ2v) is 6.50. The molecule has 0 aliphatic carbocycles. The molecule has 0 saturated heterocycles. The molecular formula is C21H18N4O4. The molecule has 146 valence electrons. The Kier molecular flexibility index (Phi) is 5.07. The smallest absolute Gasteiger partial charge is 0.308 e. The maximum atomic E-state index is 11.1. The highest BCUT2D eigenvalue weighted by Crippen LogP contribution is 2.35. The van der Waals surface area contributed by atoms with Gasteiger partial charge in [-0.25, -0.2) is 4.98 Å². The number of hydrogen-bond acceptors (Lipinski definition) is 7. The number of carboxylic acid groups (broad SMARTS) is 1. The fourth-order valence-electron chi connectivity index (χ4n) is 2.76. The van der Waals surface area contributed by atoms with Gasteiger partial charge >= 0.3 is 5.97 Å². The fourth-order valence-corrected chi connectivity index (χ4v) is 2.76. The second-order valence-electron chi connectivity index (χ2n) is 6.50. The van der Waals surface area contributed by atoms with E-state index in [4.69, 9.17) is 13.9 Å². The van der Waals surface area contributed by atoms with Crippen molar-refractivity contribution in [1.29, 1.82) is 0 Å². The third kappa shape index (κ3) is 4.01. The summed E-state index contributed by atoms with van der Waals surface area (Å²) in [6.45, 7) is 1.82. The van der Waals surface area contributed by atoms with Crippen molar-refractivity contribution in [2.24, 2.45) is 5.92 Å². The summed E-state index contributed by atoms with van der Waals surface area (Å²) in [5.74, 6) is -0.238. The van der Waals surface area contributed by atoms with Crippen molar-refractivity contribution in [2.45, 2.75) is 6.92 Å². The topological polar surface area (TPSA) is 114 Å². The Morgan fingerprint density at radius 2 is 1.90 bits per heavy atom. The minimum atomic E-state index is -0.889. The fraction of sp³-hybridized carbons (Fsp3) is 0.143. The number of aliphatic carboxylic acids is 1. The van der Waals surface area contributed by atoms with Gasteiger partial charge in [0.05, 0.1) is 12.1 Å². The van der Waals surface area contributed by atoms with Crippen LogP contribution in [0.3, 0.4) is 0 Å². The maximum Gasteiger partial charge on any atom is 0.308 e. The van der Waals surface area contributed by atoms with Crippen molar-refractivity contribution >= 4 is 12.0 Å². The summed E-state index contributed by atoms with van der Waals surface area (Å²) in [5.41, 5.74) is 3.14. The van der Waals surface area contributed by atoms with E-state index in [0.29, 0.717) is 17.2 Å². The van der Waals surface area contributed by atoms with E-state index >= 15 is 0 Å². The number of hydrogen-bond donors (Lipinski definition) is 2. The van der Waals surface area contributed by atoms with E-state index in [1.54, 1.807) is 25.5 Å². The first kappa shape index (κ1) is 18.4. The van der Waals surface area contributed by atoms with Crippen LogP contribution < -0.4 is 5.32 Å². The van der Waals surface area contributed by atoms with Gasteiger partial charge in [-0.15, -0.1) is 0 Å². The van der Waals surface area contributed by atoms with Crippen molar-refractivity contribution in [3.8, 4) is 33.9 Å². The lowest BCUT2D eigenvalue weighted by atomic mass is 10.0. The Labute approximate surface area is 166 Å². The van der Waals surface area contributed by atoms with Crippen molar-refractivity contribution in [3.63, 3.8) is 0 Å². The SMILES string of the molecule is CC(CNc1nc(-c2ccc(-c3cnco3)cc2)c(-c2cccnc2)o1)C(=O)O. The van der Waals surface area contributed by atoms with Gasteiger partial charge in [0.2, 0.25) is 0 Å². The van der Waals surface area contributed by atoms with Gasteiger partial charge in [-0.3, -0.25) is 9.78 Å². The summed E-state index contributed by atoms with van der Waals surface area (Å²) in [6, 6.07) is 11.6. The highest BCUT2D eigenvalue weighted by atomic mass is 16.4. The van der Waals surface area contributed by atoms with Gasteiger partial charge < -0.3 is 19.3 Å². The minimum Gasteiger partial charge on any atom is -0.481 e. The number of rotatable bonds is 7.